The average Bonchev–Trinajstić information content (AvgIpc) is 2.52. The molecule has 3 aromatic carbocycles. The van der Waals surface area contributed by atoms with Crippen molar-refractivity contribution >= 4 is 32.3 Å². The highest BCUT2D eigenvalue weighted by Crippen LogP contribution is 2.31. The summed E-state index contributed by atoms with van der Waals surface area (Å²) in [5, 5.41) is 9.65. The number of benzene rings is 3. The van der Waals surface area contributed by atoms with Gasteiger partial charge in [-0.1, -0.05) is 42.5 Å². The monoisotopic (exact) mass is 312 g/mol. The van der Waals surface area contributed by atoms with E-state index in [0.717, 1.165) is 5.39 Å². The molecule has 0 amide bonds. The Morgan fingerprint density at radius 3 is 2.23 bits per heavy atom. The molecule has 0 fully saturated rings. The first-order valence-corrected chi connectivity index (χ1v) is 7.95. The summed E-state index contributed by atoms with van der Waals surface area (Å²) in [5.74, 6) is 0. The van der Waals surface area contributed by atoms with Crippen LogP contribution in [-0.4, -0.2) is 13.0 Å². The summed E-state index contributed by atoms with van der Waals surface area (Å²) >= 11 is 0. The second-order valence-corrected chi connectivity index (χ2v) is 6.10. The zero-order valence-corrected chi connectivity index (χ0v) is 12.2. The predicted molar refractivity (Wildman–Crippen MR) is 84.4 cm³/mol. The van der Waals surface area contributed by atoms with Crippen LogP contribution in [-0.2, 0) is 10.1 Å². The first-order chi connectivity index (χ1) is 10.5. The topological polar surface area (TPSA) is 79.1 Å². The second-order valence-electron chi connectivity index (χ2n) is 4.67. The van der Waals surface area contributed by atoms with Crippen LogP contribution < -0.4 is 0 Å². The molecular weight excluding hydrogens is 300 g/mol. The first-order valence-electron chi connectivity index (χ1n) is 6.51. The minimum Gasteiger partial charge on any atom is -0.282 e. The Morgan fingerprint density at radius 2 is 1.50 bits per heavy atom. The molecule has 3 rings (SSSR count). The van der Waals surface area contributed by atoms with Crippen LogP contribution in [0.4, 0.5) is 11.4 Å². The summed E-state index contributed by atoms with van der Waals surface area (Å²) in [6.07, 6.45) is 0. The van der Waals surface area contributed by atoms with Gasteiger partial charge >= 0.3 is 0 Å². The predicted octanol–water partition coefficient (Wildman–Crippen LogP) is 4.50. The van der Waals surface area contributed by atoms with Crippen molar-refractivity contribution in [3.63, 3.8) is 0 Å². The smallest absolute Gasteiger partial charge is 0.282 e. The number of hydrogen-bond donors (Lipinski definition) is 1. The van der Waals surface area contributed by atoms with Crippen LogP contribution in [0.5, 0.6) is 0 Å². The summed E-state index contributed by atoms with van der Waals surface area (Å²) < 4.78 is 32.0. The van der Waals surface area contributed by atoms with Crippen molar-refractivity contribution in [1.82, 2.24) is 0 Å². The Balaban J connectivity index is 2.17. The fourth-order valence-corrected chi connectivity index (χ4v) is 2.64. The van der Waals surface area contributed by atoms with E-state index in [1.165, 1.54) is 12.1 Å². The first kappa shape index (κ1) is 14.4. The largest absolute Gasteiger partial charge is 0.294 e. The van der Waals surface area contributed by atoms with Gasteiger partial charge in [0.15, 0.2) is 0 Å². The van der Waals surface area contributed by atoms with Crippen LogP contribution in [0.2, 0.25) is 0 Å². The lowest BCUT2D eigenvalue weighted by Gasteiger charge is -2.04. The Bertz CT molecular complexity index is 952. The lowest BCUT2D eigenvalue weighted by Crippen LogP contribution is -1.97. The molecule has 0 aliphatic rings. The van der Waals surface area contributed by atoms with Crippen LogP contribution in [0.1, 0.15) is 0 Å². The van der Waals surface area contributed by atoms with E-state index in [0.29, 0.717) is 16.8 Å². The summed E-state index contributed by atoms with van der Waals surface area (Å²) in [4.78, 5) is -0.201. The van der Waals surface area contributed by atoms with E-state index in [2.05, 4.69) is 10.2 Å². The van der Waals surface area contributed by atoms with Gasteiger partial charge in [0.05, 0.1) is 16.3 Å². The molecule has 22 heavy (non-hydrogen) atoms. The highest BCUT2D eigenvalue weighted by Gasteiger charge is 2.13. The maximum atomic E-state index is 11.4. The van der Waals surface area contributed by atoms with Crippen LogP contribution in [0.25, 0.3) is 10.8 Å². The van der Waals surface area contributed by atoms with E-state index in [1.54, 1.807) is 24.3 Å². The van der Waals surface area contributed by atoms with E-state index >= 15 is 0 Å². The van der Waals surface area contributed by atoms with E-state index < -0.39 is 10.1 Å². The van der Waals surface area contributed by atoms with Gasteiger partial charge in [0.25, 0.3) is 10.1 Å². The third-order valence-corrected chi connectivity index (χ3v) is 3.97. The zero-order chi connectivity index (χ0) is 15.6. The summed E-state index contributed by atoms with van der Waals surface area (Å²) in [7, 11) is -4.30. The minimum atomic E-state index is -4.30. The lowest BCUT2D eigenvalue weighted by molar-refractivity contribution is 0.483. The maximum absolute atomic E-state index is 11.4. The van der Waals surface area contributed by atoms with Crippen LogP contribution in [0.15, 0.2) is 81.9 Å². The van der Waals surface area contributed by atoms with Gasteiger partial charge < -0.3 is 0 Å². The molecule has 6 heteroatoms. The van der Waals surface area contributed by atoms with Gasteiger partial charge in [-0.25, -0.2) is 0 Å². The van der Waals surface area contributed by atoms with Crippen molar-refractivity contribution in [2.75, 3.05) is 0 Å². The van der Waals surface area contributed by atoms with E-state index in [9.17, 15) is 13.0 Å². The maximum Gasteiger partial charge on any atom is 0.294 e. The van der Waals surface area contributed by atoms with Gasteiger partial charge in [-0.3, -0.25) is 4.55 Å². The van der Waals surface area contributed by atoms with Crippen molar-refractivity contribution in [3.05, 3.63) is 66.7 Å². The number of hydrogen-bond acceptors (Lipinski definition) is 4. The molecule has 0 aliphatic heterocycles. The molecule has 0 unspecified atom stereocenters. The molecule has 0 saturated heterocycles. The number of fused-ring (bicyclic) bond motifs is 1. The highest BCUT2D eigenvalue weighted by molar-refractivity contribution is 7.85. The fourth-order valence-electron chi connectivity index (χ4n) is 2.10. The third-order valence-electron chi connectivity index (χ3n) is 3.14. The van der Waals surface area contributed by atoms with E-state index in [4.69, 9.17) is 0 Å². The standard InChI is InChI=1S/C16H12N2O3S/c19-22(20,21)14-10-12-6-4-5-9-15(12)16(11-14)18-17-13-7-2-1-3-8-13/h1-11H,(H,19,20,21). The van der Waals surface area contributed by atoms with Crippen molar-refractivity contribution in [1.29, 1.82) is 0 Å². The quantitative estimate of drug-likeness (QED) is 0.571. The molecule has 0 atom stereocenters. The zero-order valence-electron chi connectivity index (χ0n) is 11.4. The van der Waals surface area contributed by atoms with E-state index in [-0.39, 0.29) is 4.90 Å². The van der Waals surface area contributed by atoms with Gasteiger partial charge in [0, 0.05) is 5.39 Å². The average molecular weight is 312 g/mol. The number of azo groups is 1. The van der Waals surface area contributed by atoms with Crippen LogP contribution in [0, 0.1) is 0 Å². The van der Waals surface area contributed by atoms with Crippen molar-refractivity contribution in [3.8, 4) is 0 Å². The number of rotatable bonds is 3. The van der Waals surface area contributed by atoms with Crippen LogP contribution in [0.3, 0.4) is 0 Å². The molecule has 3 aromatic rings. The van der Waals surface area contributed by atoms with Gasteiger partial charge in [-0.15, -0.1) is 5.11 Å². The molecule has 5 nitrogen and oxygen atoms in total. The molecule has 0 radical (unpaired) electrons. The van der Waals surface area contributed by atoms with Gasteiger partial charge in [0.2, 0.25) is 0 Å². The summed E-state index contributed by atoms with van der Waals surface area (Å²) in [6.45, 7) is 0. The van der Waals surface area contributed by atoms with Crippen LogP contribution >= 0.6 is 0 Å². The van der Waals surface area contributed by atoms with Crippen molar-refractivity contribution in [2.24, 2.45) is 10.2 Å². The molecule has 0 spiro atoms. The summed E-state index contributed by atoms with van der Waals surface area (Å²) in [5.41, 5.74) is 1.04. The Morgan fingerprint density at radius 1 is 0.818 bits per heavy atom. The Hall–Kier alpha value is -2.57. The normalized spacial score (nSPS) is 12.0. The molecular formula is C16H12N2O3S. The fraction of sp³-hybridized carbons (Fsp3) is 0. The molecule has 1 N–H and O–H groups in total. The molecule has 0 aromatic heterocycles. The summed E-state index contributed by atoms with van der Waals surface area (Å²) in [6, 6.07) is 19.0. The molecule has 0 bridgehead atoms. The lowest BCUT2D eigenvalue weighted by atomic mass is 10.1. The second kappa shape index (κ2) is 5.67. The van der Waals surface area contributed by atoms with E-state index in [1.807, 2.05) is 30.3 Å². The molecule has 0 saturated carbocycles. The third kappa shape index (κ3) is 3.03. The number of nitrogens with zero attached hydrogens (tertiary/aromatic N) is 2. The molecule has 110 valence electrons. The Kier molecular flexibility index (Phi) is 3.70. The Labute approximate surface area is 127 Å². The van der Waals surface area contributed by atoms with Crippen molar-refractivity contribution in [2.45, 2.75) is 4.90 Å². The molecule has 0 heterocycles. The minimum absolute atomic E-state index is 0.201. The molecule has 0 aliphatic carbocycles. The van der Waals surface area contributed by atoms with Gasteiger partial charge in [-0.2, -0.15) is 13.5 Å². The van der Waals surface area contributed by atoms with Crippen molar-refractivity contribution < 1.29 is 13.0 Å². The highest BCUT2D eigenvalue weighted by atomic mass is 32.2. The SMILES string of the molecule is O=S(=O)(O)c1cc(N=Nc2ccccc2)c2ccccc2c1. The van der Waals surface area contributed by atoms with Gasteiger partial charge in [-0.05, 0) is 29.7 Å². The van der Waals surface area contributed by atoms with Gasteiger partial charge in [0.1, 0.15) is 0 Å².